The summed E-state index contributed by atoms with van der Waals surface area (Å²) in [5, 5.41) is 3.28. The van der Waals surface area contributed by atoms with E-state index in [9.17, 15) is 0 Å². The number of hydrogen-bond acceptors (Lipinski definition) is 5. The second kappa shape index (κ2) is 6.99. The molecule has 0 radical (unpaired) electrons. The van der Waals surface area contributed by atoms with Gasteiger partial charge < -0.3 is 14.8 Å². The fourth-order valence-electron chi connectivity index (χ4n) is 2.55. The Balaban J connectivity index is 1.97. The molecule has 0 spiro atoms. The van der Waals surface area contributed by atoms with Crippen molar-refractivity contribution in [1.29, 1.82) is 0 Å². The molecular weight excluding hydrogens is 254 g/mol. The minimum Gasteiger partial charge on any atom is -0.460 e. The van der Waals surface area contributed by atoms with Gasteiger partial charge in [-0.3, -0.25) is 0 Å². The van der Waals surface area contributed by atoms with Crippen LogP contribution in [0.25, 0.3) is 0 Å². The molecule has 112 valence electrons. The Morgan fingerprint density at radius 3 is 2.65 bits per heavy atom. The lowest BCUT2D eigenvalue weighted by atomic mass is 10.0. The van der Waals surface area contributed by atoms with Crippen molar-refractivity contribution in [2.75, 3.05) is 6.54 Å². The molecule has 2 rings (SSSR count). The Morgan fingerprint density at radius 2 is 2.05 bits per heavy atom. The molecule has 1 saturated heterocycles. The van der Waals surface area contributed by atoms with E-state index in [1.54, 1.807) is 0 Å². The van der Waals surface area contributed by atoms with Crippen LogP contribution in [0.4, 0.5) is 0 Å². The summed E-state index contributed by atoms with van der Waals surface area (Å²) < 4.78 is 11.6. The van der Waals surface area contributed by atoms with Crippen LogP contribution < -0.4 is 10.1 Å². The number of aryl methyl sites for hydroxylation is 1. The van der Waals surface area contributed by atoms with Crippen LogP contribution in [0.3, 0.4) is 0 Å². The van der Waals surface area contributed by atoms with E-state index >= 15 is 0 Å². The molecule has 2 unspecified atom stereocenters. The van der Waals surface area contributed by atoms with Crippen molar-refractivity contribution in [3.05, 3.63) is 17.5 Å². The van der Waals surface area contributed by atoms with Gasteiger partial charge in [0.25, 0.3) is 0 Å². The highest BCUT2D eigenvalue weighted by Crippen LogP contribution is 2.22. The van der Waals surface area contributed by atoms with Gasteiger partial charge in [0.15, 0.2) is 0 Å². The van der Waals surface area contributed by atoms with Crippen molar-refractivity contribution in [1.82, 2.24) is 15.3 Å². The van der Waals surface area contributed by atoms with Gasteiger partial charge in [0.2, 0.25) is 0 Å². The van der Waals surface area contributed by atoms with Gasteiger partial charge in [-0.05, 0) is 27.3 Å². The van der Waals surface area contributed by atoms with Gasteiger partial charge in [0.05, 0.1) is 12.2 Å². The first-order chi connectivity index (χ1) is 9.58. The van der Waals surface area contributed by atoms with E-state index in [4.69, 9.17) is 9.47 Å². The van der Waals surface area contributed by atoms with Crippen LogP contribution in [0.5, 0.6) is 6.01 Å². The molecule has 0 saturated carbocycles. The zero-order valence-corrected chi connectivity index (χ0v) is 12.8. The minimum atomic E-state index is 0.146. The molecule has 1 aromatic rings. The molecule has 0 bridgehead atoms. The number of nitrogens with one attached hydrogen (secondary N) is 1. The lowest BCUT2D eigenvalue weighted by Crippen LogP contribution is -2.36. The maximum absolute atomic E-state index is 5.91. The van der Waals surface area contributed by atoms with Crippen LogP contribution in [0.15, 0.2) is 6.20 Å². The van der Waals surface area contributed by atoms with Crippen LogP contribution in [0, 0.1) is 6.92 Å². The fraction of sp³-hybridized carbons (Fsp3) is 0.733. The van der Waals surface area contributed by atoms with Gasteiger partial charge >= 0.3 is 6.01 Å². The van der Waals surface area contributed by atoms with E-state index in [0.29, 0.717) is 6.01 Å². The number of aromatic nitrogens is 2. The molecule has 1 fully saturated rings. The van der Waals surface area contributed by atoms with Crippen molar-refractivity contribution in [3.63, 3.8) is 0 Å². The fourth-order valence-corrected chi connectivity index (χ4v) is 2.55. The summed E-state index contributed by atoms with van der Waals surface area (Å²) in [6.07, 6.45) is 4.26. The van der Waals surface area contributed by atoms with E-state index < -0.39 is 0 Å². The molecule has 2 atom stereocenters. The molecule has 2 heterocycles. The third-order valence-electron chi connectivity index (χ3n) is 3.55. The summed E-state index contributed by atoms with van der Waals surface area (Å²) in [7, 11) is 0. The predicted octanol–water partition coefficient (Wildman–Crippen LogP) is 2.23. The third kappa shape index (κ3) is 4.15. The Morgan fingerprint density at radius 1 is 1.35 bits per heavy atom. The van der Waals surface area contributed by atoms with E-state index in [-0.39, 0.29) is 18.3 Å². The van der Waals surface area contributed by atoms with Crippen molar-refractivity contribution < 1.29 is 9.47 Å². The molecule has 0 aliphatic carbocycles. The monoisotopic (exact) mass is 279 g/mol. The number of hydrogen-bond donors (Lipinski definition) is 1. The van der Waals surface area contributed by atoms with Crippen molar-refractivity contribution in [2.24, 2.45) is 0 Å². The molecule has 1 aromatic heterocycles. The van der Waals surface area contributed by atoms with Crippen molar-refractivity contribution in [3.8, 4) is 6.01 Å². The second-order valence-electron chi connectivity index (χ2n) is 5.51. The molecule has 0 amide bonds. The Hall–Kier alpha value is -1.20. The Bertz CT molecular complexity index is 429. The topological polar surface area (TPSA) is 56.3 Å². The number of nitrogens with zero attached hydrogens (tertiary/aromatic N) is 2. The van der Waals surface area contributed by atoms with Gasteiger partial charge in [-0.15, -0.1) is 0 Å². The molecule has 0 aromatic carbocycles. The van der Waals surface area contributed by atoms with Crippen LogP contribution >= 0.6 is 0 Å². The Labute approximate surface area is 121 Å². The van der Waals surface area contributed by atoms with Crippen LogP contribution in [0.1, 0.15) is 44.9 Å². The van der Waals surface area contributed by atoms with E-state index in [2.05, 4.69) is 36.1 Å². The first kappa shape index (κ1) is 15.2. The largest absolute Gasteiger partial charge is 0.460 e. The first-order valence-electron chi connectivity index (χ1n) is 7.43. The van der Waals surface area contributed by atoms with Gasteiger partial charge in [0.1, 0.15) is 6.10 Å². The van der Waals surface area contributed by atoms with E-state index in [0.717, 1.165) is 37.2 Å². The zero-order chi connectivity index (χ0) is 14.5. The highest BCUT2D eigenvalue weighted by molar-refractivity contribution is 5.17. The average Bonchev–Trinajstić information content (AvgIpc) is 2.36. The smallest absolute Gasteiger partial charge is 0.316 e. The van der Waals surface area contributed by atoms with Gasteiger partial charge in [0, 0.05) is 36.8 Å². The minimum absolute atomic E-state index is 0.146. The standard InChI is InChI=1S/C15H25N3O2/c1-5-16-8-13-9-17-15(18-12(13)4)20-14-6-10(2)19-11(3)7-14/h9-11,14,16H,5-8H2,1-4H3. The summed E-state index contributed by atoms with van der Waals surface area (Å²) in [5.74, 6) is 0. The predicted molar refractivity (Wildman–Crippen MR) is 77.8 cm³/mol. The quantitative estimate of drug-likeness (QED) is 0.895. The summed E-state index contributed by atoms with van der Waals surface area (Å²) in [6, 6.07) is 0.481. The van der Waals surface area contributed by atoms with Crippen LogP contribution in [-0.2, 0) is 11.3 Å². The molecular formula is C15H25N3O2. The molecule has 1 aliphatic rings. The highest BCUT2D eigenvalue weighted by atomic mass is 16.5. The number of ether oxygens (including phenoxy) is 2. The van der Waals surface area contributed by atoms with Gasteiger partial charge in [-0.1, -0.05) is 6.92 Å². The molecule has 5 heteroatoms. The third-order valence-corrected chi connectivity index (χ3v) is 3.55. The lowest BCUT2D eigenvalue weighted by Gasteiger charge is -2.31. The van der Waals surface area contributed by atoms with E-state index in [1.807, 2.05) is 13.1 Å². The number of rotatable bonds is 5. The van der Waals surface area contributed by atoms with Crippen LogP contribution in [-0.4, -0.2) is 34.8 Å². The SMILES string of the molecule is CCNCc1cnc(OC2CC(C)OC(C)C2)nc1C. The molecule has 1 N–H and O–H groups in total. The molecule has 20 heavy (non-hydrogen) atoms. The van der Waals surface area contributed by atoms with E-state index in [1.165, 1.54) is 0 Å². The maximum atomic E-state index is 5.91. The van der Waals surface area contributed by atoms with Crippen molar-refractivity contribution in [2.45, 2.75) is 65.4 Å². The van der Waals surface area contributed by atoms with Crippen molar-refractivity contribution >= 4 is 0 Å². The zero-order valence-electron chi connectivity index (χ0n) is 12.8. The first-order valence-corrected chi connectivity index (χ1v) is 7.43. The second-order valence-corrected chi connectivity index (χ2v) is 5.51. The normalized spacial score (nSPS) is 26.5. The maximum Gasteiger partial charge on any atom is 0.316 e. The summed E-state index contributed by atoms with van der Waals surface area (Å²) in [6.45, 7) is 9.98. The average molecular weight is 279 g/mol. The summed E-state index contributed by atoms with van der Waals surface area (Å²) in [5.41, 5.74) is 2.09. The van der Waals surface area contributed by atoms with Gasteiger partial charge in [-0.2, -0.15) is 0 Å². The Kier molecular flexibility index (Phi) is 5.31. The summed E-state index contributed by atoms with van der Waals surface area (Å²) in [4.78, 5) is 8.78. The lowest BCUT2D eigenvalue weighted by molar-refractivity contribution is -0.0739. The van der Waals surface area contributed by atoms with Crippen LogP contribution in [0.2, 0.25) is 0 Å². The summed E-state index contributed by atoms with van der Waals surface area (Å²) >= 11 is 0. The van der Waals surface area contributed by atoms with Gasteiger partial charge in [-0.25, -0.2) is 9.97 Å². The molecule has 5 nitrogen and oxygen atoms in total. The molecule has 1 aliphatic heterocycles. The highest BCUT2D eigenvalue weighted by Gasteiger charge is 2.26.